The van der Waals surface area contributed by atoms with Gasteiger partial charge < -0.3 is 5.32 Å². The highest BCUT2D eigenvalue weighted by Gasteiger charge is 2.21. The van der Waals surface area contributed by atoms with E-state index in [1.165, 1.54) is 16.4 Å². The third-order valence-electron chi connectivity index (χ3n) is 3.93. The zero-order valence-electron chi connectivity index (χ0n) is 14.6. The van der Waals surface area contributed by atoms with E-state index in [4.69, 9.17) is 36.0 Å². The number of hydrogen-bond donors (Lipinski definition) is 2. The van der Waals surface area contributed by atoms with Gasteiger partial charge in [0.1, 0.15) is 4.32 Å². The molecule has 0 aliphatic carbocycles. The van der Waals surface area contributed by atoms with Crippen molar-refractivity contribution in [3.05, 3.63) is 74.4 Å². The highest BCUT2D eigenvalue weighted by Crippen LogP contribution is 2.26. The summed E-state index contributed by atoms with van der Waals surface area (Å²) in [5.41, 5.74) is 2.56. The molecule has 2 N–H and O–H groups in total. The number of carbonyl (C=O) groups excluding carboxylic acids is 1. The Kier molecular flexibility index (Phi) is 5.72. The van der Waals surface area contributed by atoms with E-state index in [1.54, 1.807) is 24.4 Å². The first-order chi connectivity index (χ1) is 14.0. The molecule has 144 valence electrons. The lowest BCUT2D eigenvalue weighted by Crippen LogP contribution is -2.17. The molecule has 1 amide bonds. The maximum Gasteiger partial charge on any atom is 0.263 e. The Morgan fingerprint density at radius 2 is 1.90 bits per heavy atom. The molecule has 1 saturated heterocycles. The molecule has 6 nitrogen and oxygen atoms in total. The average molecular weight is 458 g/mol. The lowest BCUT2D eigenvalue weighted by molar-refractivity contribution is -0.115. The van der Waals surface area contributed by atoms with Gasteiger partial charge in [-0.2, -0.15) is 14.9 Å². The molecule has 0 unspecified atom stereocenters. The fourth-order valence-electron chi connectivity index (χ4n) is 2.59. The highest BCUT2D eigenvalue weighted by atomic mass is 35.5. The fraction of sp³-hybridized carbons (Fsp3) is 0. The maximum absolute atomic E-state index is 11.8. The molecule has 10 heteroatoms. The van der Waals surface area contributed by atoms with E-state index in [1.807, 2.05) is 36.4 Å². The van der Waals surface area contributed by atoms with Gasteiger partial charge in [-0.1, -0.05) is 72.0 Å². The van der Waals surface area contributed by atoms with Gasteiger partial charge in [0.25, 0.3) is 5.91 Å². The summed E-state index contributed by atoms with van der Waals surface area (Å²) in [5, 5.41) is 14.6. The summed E-state index contributed by atoms with van der Waals surface area (Å²) in [6, 6.07) is 14.9. The van der Waals surface area contributed by atoms with Gasteiger partial charge in [0, 0.05) is 10.6 Å². The number of thioether (sulfide) groups is 1. The number of rotatable bonds is 4. The summed E-state index contributed by atoms with van der Waals surface area (Å²) in [7, 11) is 0. The van der Waals surface area contributed by atoms with Crippen LogP contribution in [-0.4, -0.2) is 31.3 Å². The number of carbonyl (C=O) groups is 1. The number of amides is 1. The molecule has 2 heterocycles. The minimum absolute atomic E-state index is 0.173. The molecule has 0 radical (unpaired) electrons. The first-order valence-electron chi connectivity index (χ1n) is 8.32. The summed E-state index contributed by atoms with van der Waals surface area (Å²) < 4.78 is 2.38. The molecular weight excluding hydrogens is 446 g/mol. The van der Waals surface area contributed by atoms with Crippen molar-refractivity contribution < 1.29 is 4.79 Å². The van der Waals surface area contributed by atoms with Crippen molar-refractivity contribution in [3.8, 4) is 11.4 Å². The number of nitrogens with zero attached hydrogens (tertiary/aromatic N) is 3. The van der Waals surface area contributed by atoms with Crippen LogP contribution in [0.4, 0.5) is 0 Å². The van der Waals surface area contributed by atoms with Crippen LogP contribution in [0.15, 0.2) is 58.5 Å². The third-order valence-corrected chi connectivity index (χ3v) is 5.59. The Bertz CT molecular complexity index is 1230. The van der Waals surface area contributed by atoms with Crippen molar-refractivity contribution in [1.82, 2.24) is 20.2 Å². The van der Waals surface area contributed by atoms with E-state index in [0.717, 1.165) is 16.7 Å². The molecule has 1 aromatic heterocycles. The first kappa shape index (κ1) is 19.7. The number of halogens is 1. The van der Waals surface area contributed by atoms with E-state index in [9.17, 15) is 4.79 Å². The normalized spacial score (nSPS) is 15.4. The molecule has 1 fully saturated rings. The van der Waals surface area contributed by atoms with Gasteiger partial charge in [0.2, 0.25) is 4.77 Å². The SMILES string of the molecule is O=C1NC(=S)S/C1=C\c1ccc(/C=N/n2c(-c3cccc(Cl)c3)n[nH]c2=S)cc1. The predicted molar refractivity (Wildman–Crippen MR) is 124 cm³/mol. The lowest BCUT2D eigenvalue weighted by Gasteiger charge is -2.02. The summed E-state index contributed by atoms with van der Waals surface area (Å²) in [6.45, 7) is 0. The van der Waals surface area contributed by atoms with Crippen LogP contribution in [0.5, 0.6) is 0 Å². The number of benzene rings is 2. The van der Waals surface area contributed by atoms with Gasteiger partial charge in [-0.05, 0) is 41.6 Å². The molecular formula is C19H12ClN5OS3. The monoisotopic (exact) mass is 457 g/mol. The Morgan fingerprint density at radius 3 is 2.59 bits per heavy atom. The van der Waals surface area contributed by atoms with Crippen LogP contribution in [-0.2, 0) is 4.79 Å². The highest BCUT2D eigenvalue weighted by molar-refractivity contribution is 8.26. The van der Waals surface area contributed by atoms with Crippen LogP contribution in [0, 0.1) is 4.77 Å². The minimum atomic E-state index is -0.173. The van der Waals surface area contributed by atoms with Crippen LogP contribution in [0.2, 0.25) is 5.02 Å². The largest absolute Gasteiger partial charge is 0.307 e. The molecule has 4 rings (SSSR count). The summed E-state index contributed by atoms with van der Waals surface area (Å²) in [6.07, 6.45) is 3.48. The van der Waals surface area contributed by atoms with Crippen LogP contribution in [0.3, 0.4) is 0 Å². The molecule has 1 aliphatic heterocycles. The van der Waals surface area contributed by atoms with E-state index in [2.05, 4.69) is 20.6 Å². The number of hydrogen-bond acceptors (Lipinski definition) is 6. The molecule has 0 bridgehead atoms. The number of H-pyrrole nitrogens is 1. The van der Waals surface area contributed by atoms with Crippen LogP contribution >= 0.6 is 47.8 Å². The number of thiocarbonyl (C=S) groups is 1. The maximum atomic E-state index is 11.8. The van der Waals surface area contributed by atoms with E-state index < -0.39 is 0 Å². The quantitative estimate of drug-likeness (QED) is 0.339. The minimum Gasteiger partial charge on any atom is -0.307 e. The molecule has 0 saturated carbocycles. The van der Waals surface area contributed by atoms with Crippen molar-refractivity contribution in [2.75, 3.05) is 0 Å². The van der Waals surface area contributed by atoms with Crippen molar-refractivity contribution in [1.29, 1.82) is 0 Å². The standard InChI is InChI=1S/C19H12ClN5OS3/c20-14-3-1-2-13(9-14)16-23-24-18(27)25(16)21-10-12-6-4-11(5-7-12)8-15-17(26)22-19(28)29-15/h1-10H,(H,24,27)(H,22,26,28)/b15-8-,21-10+. The first-order valence-corrected chi connectivity index (χ1v) is 10.3. The smallest absolute Gasteiger partial charge is 0.263 e. The molecule has 2 aromatic carbocycles. The summed E-state index contributed by atoms with van der Waals surface area (Å²) >= 11 is 17.6. The molecule has 29 heavy (non-hydrogen) atoms. The second-order valence-corrected chi connectivity index (χ2v) is 8.48. The zero-order chi connectivity index (χ0) is 20.4. The predicted octanol–water partition coefficient (Wildman–Crippen LogP) is 4.63. The van der Waals surface area contributed by atoms with Crippen LogP contribution < -0.4 is 5.32 Å². The lowest BCUT2D eigenvalue weighted by atomic mass is 10.1. The van der Waals surface area contributed by atoms with E-state index in [-0.39, 0.29) is 5.91 Å². The molecule has 3 aromatic rings. The van der Waals surface area contributed by atoms with Crippen molar-refractivity contribution in [3.63, 3.8) is 0 Å². The average Bonchev–Trinajstić information content (AvgIpc) is 3.22. The fourth-order valence-corrected chi connectivity index (χ4v) is 4.00. The Balaban J connectivity index is 1.57. The van der Waals surface area contributed by atoms with Gasteiger partial charge in [-0.3, -0.25) is 4.79 Å². The number of aromatic amines is 1. The van der Waals surface area contributed by atoms with Crippen molar-refractivity contribution in [2.45, 2.75) is 0 Å². The van der Waals surface area contributed by atoms with Crippen LogP contribution in [0.25, 0.3) is 17.5 Å². The van der Waals surface area contributed by atoms with E-state index in [0.29, 0.717) is 24.8 Å². The molecule has 1 aliphatic rings. The topological polar surface area (TPSA) is 75.1 Å². The second kappa shape index (κ2) is 8.42. The van der Waals surface area contributed by atoms with Gasteiger partial charge >= 0.3 is 0 Å². The second-order valence-electron chi connectivity index (χ2n) is 5.94. The third kappa shape index (κ3) is 4.54. The molecule has 0 spiro atoms. The zero-order valence-corrected chi connectivity index (χ0v) is 17.8. The van der Waals surface area contributed by atoms with Gasteiger partial charge in [-0.15, -0.1) is 0 Å². The Hall–Kier alpha value is -2.59. The number of nitrogens with one attached hydrogen (secondary N) is 2. The van der Waals surface area contributed by atoms with Crippen molar-refractivity contribution in [2.24, 2.45) is 5.10 Å². The molecule has 0 atom stereocenters. The van der Waals surface area contributed by atoms with E-state index >= 15 is 0 Å². The Morgan fingerprint density at radius 1 is 1.14 bits per heavy atom. The van der Waals surface area contributed by atoms with Gasteiger partial charge in [-0.25, -0.2) is 5.10 Å². The van der Waals surface area contributed by atoms with Gasteiger partial charge in [0.05, 0.1) is 11.1 Å². The van der Waals surface area contributed by atoms with Crippen molar-refractivity contribution >= 4 is 70.3 Å². The Labute approximate surface area is 185 Å². The number of aromatic nitrogens is 3. The summed E-state index contributed by atoms with van der Waals surface area (Å²) in [4.78, 5) is 12.3. The van der Waals surface area contributed by atoms with Gasteiger partial charge in [0.15, 0.2) is 5.82 Å². The van der Waals surface area contributed by atoms with Crippen LogP contribution in [0.1, 0.15) is 11.1 Å². The summed E-state index contributed by atoms with van der Waals surface area (Å²) in [5.74, 6) is 0.392.